The fourth-order valence-electron chi connectivity index (χ4n) is 2.87. The smallest absolute Gasteiger partial charge is 0.232 e. The van der Waals surface area contributed by atoms with E-state index in [1.807, 2.05) is 19.9 Å². The second-order valence-corrected chi connectivity index (χ2v) is 4.85. The Kier molecular flexibility index (Phi) is 2.77. The number of rotatable bonds is 1. The molecule has 2 aliphatic rings. The van der Waals surface area contributed by atoms with Crippen LogP contribution in [0.1, 0.15) is 20.8 Å². The third-order valence-electron chi connectivity index (χ3n) is 3.54. The zero-order valence-corrected chi connectivity index (χ0v) is 10.1. The average molecular weight is 236 g/mol. The first-order chi connectivity index (χ1) is 7.91. The van der Waals surface area contributed by atoms with Crippen molar-refractivity contribution >= 4 is 17.7 Å². The quantitative estimate of drug-likeness (QED) is 0.496. The van der Waals surface area contributed by atoms with Crippen molar-refractivity contribution in [1.82, 2.24) is 10.6 Å². The molecule has 1 unspecified atom stereocenters. The number of amides is 3. The standard InChI is InChI=1S/C12H16N2O3/c1-5-4-6(2)10(13-7(3)15)9-8(5)11(16)14-12(9)17/h4-5,8-10H,1-3H3,(H,13,15)(H,14,16,17)/t5?,8-,9-,10+/m0/s1. The zero-order valence-electron chi connectivity index (χ0n) is 10.1. The Morgan fingerprint density at radius 3 is 2.47 bits per heavy atom. The molecule has 5 heteroatoms. The van der Waals surface area contributed by atoms with Gasteiger partial charge in [-0.05, 0) is 12.8 Å². The Bertz CT molecular complexity index is 427. The van der Waals surface area contributed by atoms with Gasteiger partial charge in [0.05, 0.1) is 17.9 Å². The first-order valence-corrected chi connectivity index (χ1v) is 5.72. The van der Waals surface area contributed by atoms with E-state index in [1.165, 1.54) is 6.92 Å². The van der Waals surface area contributed by atoms with Crippen molar-refractivity contribution in [2.45, 2.75) is 26.8 Å². The highest BCUT2D eigenvalue weighted by Crippen LogP contribution is 2.37. The molecule has 1 fully saturated rings. The van der Waals surface area contributed by atoms with Gasteiger partial charge in [-0.3, -0.25) is 19.7 Å². The molecule has 0 bridgehead atoms. The molecule has 2 rings (SSSR count). The summed E-state index contributed by atoms with van der Waals surface area (Å²) >= 11 is 0. The molecule has 1 heterocycles. The van der Waals surface area contributed by atoms with Crippen LogP contribution in [-0.2, 0) is 14.4 Å². The highest BCUT2D eigenvalue weighted by Gasteiger charge is 2.50. The zero-order chi connectivity index (χ0) is 12.7. The normalized spacial score (nSPS) is 36.1. The van der Waals surface area contributed by atoms with Crippen molar-refractivity contribution < 1.29 is 14.4 Å². The predicted molar refractivity (Wildman–Crippen MR) is 60.7 cm³/mol. The first-order valence-electron chi connectivity index (χ1n) is 5.72. The van der Waals surface area contributed by atoms with Gasteiger partial charge in [-0.1, -0.05) is 18.6 Å². The van der Waals surface area contributed by atoms with Crippen molar-refractivity contribution in [3.63, 3.8) is 0 Å². The highest BCUT2D eigenvalue weighted by atomic mass is 16.2. The van der Waals surface area contributed by atoms with Gasteiger partial charge in [0.1, 0.15) is 0 Å². The summed E-state index contributed by atoms with van der Waals surface area (Å²) in [5, 5.41) is 5.10. The van der Waals surface area contributed by atoms with Gasteiger partial charge in [0.2, 0.25) is 17.7 Å². The second-order valence-electron chi connectivity index (χ2n) is 4.85. The molecule has 1 aliphatic carbocycles. The summed E-state index contributed by atoms with van der Waals surface area (Å²) < 4.78 is 0. The molecular weight excluding hydrogens is 220 g/mol. The molecule has 0 aromatic heterocycles. The molecule has 1 aliphatic heterocycles. The topological polar surface area (TPSA) is 75.3 Å². The van der Waals surface area contributed by atoms with Crippen LogP contribution in [0.4, 0.5) is 0 Å². The van der Waals surface area contributed by atoms with Crippen LogP contribution in [0.25, 0.3) is 0 Å². The maximum absolute atomic E-state index is 11.8. The molecule has 0 aromatic rings. The minimum atomic E-state index is -0.466. The molecule has 5 nitrogen and oxygen atoms in total. The molecular formula is C12H16N2O3. The molecule has 0 radical (unpaired) electrons. The molecule has 2 N–H and O–H groups in total. The van der Waals surface area contributed by atoms with Gasteiger partial charge in [-0.2, -0.15) is 0 Å². The van der Waals surface area contributed by atoms with E-state index >= 15 is 0 Å². The lowest BCUT2D eigenvalue weighted by atomic mass is 9.72. The number of hydrogen-bond acceptors (Lipinski definition) is 3. The summed E-state index contributed by atoms with van der Waals surface area (Å²) in [5.41, 5.74) is 0.943. The van der Waals surface area contributed by atoms with E-state index < -0.39 is 5.92 Å². The SMILES string of the molecule is CC(=O)N[C@@H]1C(C)=CC(C)[C@@H]2C(=O)NC(=O)[C@H]12. The Morgan fingerprint density at radius 1 is 1.29 bits per heavy atom. The molecule has 4 atom stereocenters. The van der Waals surface area contributed by atoms with Crippen LogP contribution >= 0.6 is 0 Å². The van der Waals surface area contributed by atoms with Crippen LogP contribution in [0.5, 0.6) is 0 Å². The van der Waals surface area contributed by atoms with Crippen molar-refractivity contribution in [1.29, 1.82) is 0 Å². The second kappa shape index (κ2) is 3.98. The van der Waals surface area contributed by atoms with E-state index in [9.17, 15) is 14.4 Å². The number of allylic oxidation sites excluding steroid dienone is 1. The van der Waals surface area contributed by atoms with Gasteiger partial charge in [-0.15, -0.1) is 0 Å². The number of carbonyl (C=O) groups is 3. The van der Waals surface area contributed by atoms with Crippen molar-refractivity contribution in [2.24, 2.45) is 17.8 Å². The van der Waals surface area contributed by atoms with E-state index in [1.54, 1.807) is 0 Å². The Hall–Kier alpha value is -1.65. The minimum absolute atomic E-state index is 0.0245. The van der Waals surface area contributed by atoms with Crippen LogP contribution < -0.4 is 10.6 Å². The van der Waals surface area contributed by atoms with Gasteiger partial charge in [0.15, 0.2) is 0 Å². The summed E-state index contributed by atoms with van der Waals surface area (Å²) in [7, 11) is 0. The lowest BCUT2D eigenvalue weighted by Crippen LogP contribution is -2.48. The van der Waals surface area contributed by atoms with E-state index in [2.05, 4.69) is 10.6 Å². The average Bonchev–Trinajstić information content (AvgIpc) is 2.48. The van der Waals surface area contributed by atoms with Crippen molar-refractivity contribution in [3.05, 3.63) is 11.6 Å². The molecule has 0 spiro atoms. The fraction of sp³-hybridized carbons (Fsp3) is 0.583. The lowest BCUT2D eigenvalue weighted by molar-refractivity contribution is -0.126. The van der Waals surface area contributed by atoms with Gasteiger partial charge in [0, 0.05) is 6.92 Å². The van der Waals surface area contributed by atoms with Crippen molar-refractivity contribution in [3.8, 4) is 0 Å². The predicted octanol–water partition coefficient (Wildman–Crippen LogP) is -0.0241. The number of nitrogens with one attached hydrogen (secondary N) is 2. The first kappa shape index (κ1) is 11.8. The number of imide groups is 1. The van der Waals surface area contributed by atoms with E-state index in [-0.39, 0.29) is 35.6 Å². The fourth-order valence-corrected chi connectivity index (χ4v) is 2.87. The summed E-state index contributed by atoms with van der Waals surface area (Å²) in [5.74, 6) is -1.50. The summed E-state index contributed by atoms with van der Waals surface area (Å²) in [6.07, 6.45) is 1.96. The number of fused-ring (bicyclic) bond motifs is 1. The summed E-state index contributed by atoms with van der Waals surface area (Å²) in [6.45, 7) is 5.21. The monoisotopic (exact) mass is 236 g/mol. The van der Waals surface area contributed by atoms with E-state index in [0.717, 1.165) is 5.57 Å². The molecule has 1 saturated heterocycles. The largest absolute Gasteiger partial charge is 0.349 e. The Balaban J connectivity index is 2.38. The molecule has 17 heavy (non-hydrogen) atoms. The molecule has 3 amide bonds. The molecule has 0 aromatic carbocycles. The van der Waals surface area contributed by atoms with Crippen LogP contribution in [0.3, 0.4) is 0 Å². The number of carbonyl (C=O) groups excluding carboxylic acids is 3. The van der Waals surface area contributed by atoms with Crippen LogP contribution in [0.15, 0.2) is 11.6 Å². The maximum atomic E-state index is 11.8. The van der Waals surface area contributed by atoms with E-state index in [4.69, 9.17) is 0 Å². The van der Waals surface area contributed by atoms with Gasteiger partial charge in [0.25, 0.3) is 0 Å². The molecule has 92 valence electrons. The van der Waals surface area contributed by atoms with Gasteiger partial charge in [-0.25, -0.2) is 0 Å². The third-order valence-corrected chi connectivity index (χ3v) is 3.54. The Labute approximate surface area is 99.6 Å². The summed E-state index contributed by atoms with van der Waals surface area (Å²) in [6, 6.07) is -0.361. The van der Waals surface area contributed by atoms with Crippen LogP contribution in [0, 0.1) is 17.8 Å². The van der Waals surface area contributed by atoms with Crippen molar-refractivity contribution in [2.75, 3.05) is 0 Å². The summed E-state index contributed by atoms with van der Waals surface area (Å²) in [4.78, 5) is 34.6. The number of hydrogen-bond donors (Lipinski definition) is 2. The lowest BCUT2D eigenvalue weighted by Gasteiger charge is -2.34. The highest BCUT2D eigenvalue weighted by molar-refractivity contribution is 6.06. The van der Waals surface area contributed by atoms with E-state index in [0.29, 0.717) is 0 Å². The third kappa shape index (κ3) is 1.85. The minimum Gasteiger partial charge on any atom is -0.349 e. The maximum Gasteiger partial charge on any atom is 0.232 e. The van der Waals surface area contributed by atoms with Gasteiger partial charge >= 0.3 is 0 Å². The Morgan fingerprint density at radius 2 is 1.88 bits per heavy atom. The molecule has 0 saturated carbocycles. The van der Waals surface area contributed by atoms with Crippen LogP contribution in [0.2, 0.25) is 0 Å². The van der Waals surface area contributed by atoms with Gasteiger partial charge < -0.3 is 5.32 Å². The van der Waals surface area contributed by atoms with Crippen LogP contribution in [-0.4, -0.2) is 23.8 Å².